The smallest absolute Gasteiger partial charge is 0.264 e. The summed E-state index contributed by atoms with van der Waals surface area (Å²) in [6, 6.07) is 13.6. The van der Waals surface area contributed by atoms with Crippen LogP contribution >= 0.6 is 0 Å². The molecule has 2 aromatic carbocycles. The van der Waals surface area contributed by atoms with Crippen LogP contribution in [0.1, 0.15) is 0 Å². The van der Waals surface area contributed by atoms with Crippen LogP contribution in [0.2, 0.25) is 0 Å². The number of anilines is 1. The molecule has 1 aromatic heterocycles. The summed E-state index contributed by atoms with van der Waals surface area (Å²) >= 11 is 0. The van der Waals surface area contributed by atoms with E-state index < -0.39 is 0 Å². The molecule has 0 aliphatic rings. The Kier molecular flexibility index (Phi) is 3.28. The monoisotopic (exact) mass is 268 g/mol. The third kappa shape index (κ3) is 2.59. The van der Waals surface area contributed by atoms with Crippen LogP contribution in [-0.2, 0) is 4.79 Å². The predicted molar refractivity (Wildman–Crippen MR) is 74.5 cm³/mol. The van der Waals surface area contributed by atoms with Gasteiger partial charge in [-0.05, 0) is 11.5 Å². The van der Waals surface area contributed by atoms with Crippen molar-refractivity contribution in [2.75, 3.05) is 11.9 Å². The van der Waals surface area contributed by atoms with Gasteiger partial charge in [-0.1, -0.05) is 36.4 Å². The first-order chi connectivity index (χ1) is 9.83. The highest BCUT2D eigenvalue weighted by Gasteiger charge is 2.07. The van der Waals surface area contributed by atoms with Crippen LogP contribution in [0.25, 0.3) is 10.8 Å². The van der Waals surface area contributed by atoms with Gasteiger partial charge in [0.2, 0.25) is 5.95 Å². The zero-order valence-corrected chi connectivity index (χ0v) is 10.5. The third-order valence-corrected chi connectivity index (χ3v) is 2.78. The van der Waals surface area contributed by atoms with Crippen LogP contribution < -0.4 is 10.1 Å². The molecular formula is C14H12N4O2. The SMILES string of the molecule is O=C(COc1cccc2ccccc12)Nc1ncn[nH]1. The fourth-order valence-electron chi connectivity index (χ4n) is 1.90. The summed E-state index contributed by atoms with van der Waals surface area (Å²) in [5.74, 6) is 0.682. The molecule has 1 heterocycles. The zero-order valence-electron chi connectivity index (χ0n) is 10.5. The molecule has 20 heavy (non-hydrogen) atoms. The first-order valence-electron chi connectivity index (χ1n) is 6.09. The highest BCUT2D eigenvalue weighted by atomic mass is 16.5. The second kappa shape index (κ2) is 5.40. The summed E-state index contributed by atoms with van der Waals surface area (Å²) in [5.41, 5.74) is 0. The predicted octanol–water partition coefficient (Wildman–Crippen LogP) is 1.98. The molecule has 3 aromatic rings. The van der Waals surface area contributed by atoms with Crippen LogP contribution in [0.5, 0.6) is 5.75 Å². The number of carbonyl (C=O) groups is 1. The number of aromatic amines is 1. The van der Waals surface area contributed by atoms with E-state index in [4.69, 9.17) is 4.74 Å². The van der Waals surface area contributed by atoms with Crippen molar-refractivity contribution in [2.24, 2.45) is 0 Å². The molecule has 100 valence electrons. The summed E-state index contributed by atoms with van der Waals surface area (Å²) < 4.78 is 5.56. The van der Waals surface area contributed by atoms with Crippen molar-refractivity contribution < 1.29 is 9.53 Å². The molecule has 0 bridgehead atoms. The Labute approximate surface area is 114 Å². The van der Waals surface area contributed by atoms with Crippen LogP contribution in [0.3, 0.4) is 0 Å². The van der Waals surface area contributed by atoms with E-state index in [1.54, 1.807) is 0 Å². The van der Waals surface area contributed by atoms with E-state index in [0.717, 1.165) is 10.8 Å². The lowest BCUT2D eigenvalue weighted by Crippen LogP contribution is -2.20. The molecule has 0 spiro atoms. The first-order valence-corrected chi connectivity index (χ1v) is 6.09. The molecule has 0 aliphatic heterocycles. The number of fused-ring (bicyclic) bond motifs is 1. The van der Waals surface area contributed by atoms with Gasteiger partial charge >= 0.3 is 0 Å². The number of carbonyl (C=O) groups excluding carboxylic acids is 1. The molecule has 1 amide bonds. The van der Waals surface area contributed by atoms with Crippen molar-refractivity contribution in [3.8, 4) is 5.75 Å². The Hall–Kier alpha value is -2.89. The van der Waals surface area contributed by atoms with E-state index in [2.05, 4.69) is 20.5 Å². The minimum Gasteiger partial charge on any atom is -0.483 e. The topological polar surface area (TPSA) is 79.9 Å². The van der Waals surface area contributed by atoms with Crippen LogP contribution in [0.4, 0.5) is 5.95 Å². The van der Waals surface area contributed by atoms with Crippen LogP contribution in [0.15, 0.2) is 48.8 Å². The number of H-pyrrole nitrogens is 1. The largest absolute Gasteiger partial charge is 0.483 e. The molecule has 0 saturated carbocycles. The molecule has 0 saturated heterocycles. The molecule has 0 unspecified atom stereocenters. The lowest BCUT2D eigenvalue weighted by Gasteiger charge is -2.08. The van der Waals surface area contributed by atoms with Gasteiger partial charge in [-0.2, -0.15) is 10.1 Å². The Balaban J connectivity index is 1.69. The number of hydrogen-bond acceptors (Lipinski definition) is 4. The second-order valence-corrected chi connectivity index (χ2v) is 4.15. The van der Waals surface area contributed by atoms with Gasteiger partial charge in [0.15, 0.2) is 6.61 Å². The number of ether oxygens (including phenoxy) is 1. The number of nitrogens with zero attached hydrogens (tertiary/aromatic N) is 2. The fourth-order valence-corrected chi connectivity index (χ4v) is 1.90. The summed E-state index contributed by atoms with van der Waals surface area (Å²) in [7, 11) is 0. The molecule has 6 heteroatoms. The van der Waals surface area contributed by atoms with Gasteiger partial charge < -0.3 is 4.74 Å². The molecule has 6 nitrogen and oxygen atoms in total. The van der Waals surface area contributed by atoms with Crippen LogP contribution in [-0.4, -0.2) is 27.7 Å². The highest BCUT2D eigenvalue weighted by molar-refractivity contribution is 5.91. The summed E-state index contributed by atoms with van der Waals surface area (Å²) in [4.78, 5) is 15.5. The Bertz CT molecular complexity index is 720. The maximum atomic E-state index is 11.7. The van der Waals surface area contributed by atoms with Crippen LogP contribution in [0, 0.1) is 0 Å². The van der Waals surface area contributed by atoms with E-state index in [1.807, 2.05) is 42.5 Å². The second-order valence-electron chi connectivity index (χ2n) is 4.15. The Morgan fingerprint density at radius 2 is 2.05 bits per heavy atom. The van der Waals surface area contributed by atoms with E-state index in [0.29, 0.717) is 11.7 Å². The van der Waals surface area contributed by atoms with Crippen molar-refractivity contribution in [1.29, 1.82) is 0 Å². The van der Waals surface area contributed by atoms with E-state index in [1.165, 1.54) is 6.33 Å². The number of nitrogens with one attached hydrogen (secondary N) is 2. The van der Waals surface area contributed by atoms with E-state index >= 15 is 0 Å². The van der Waals surface area contributed by atoms with Crippen molar-refractivity contribution >= 4 is 22.6 Å². The maximum absolute atomic E-state index is 11.7. The lowest BCUT2D eigenvalue weighted by molar-refractivity contribution is -0.118. The van der Waals surface area contributed by atoms with Gasteiger partial charge in [-0.15, -0.1) is 0 Å². The molecule has 0 aliphatic carbocycles. The van der Waals surface area contributed by atoms with Crippen molar-refractivity contribution in [1.82, 2.24) is 15.2 Å². The zero-order chi connectivity index (χ0) is 13.8. The molecule has 3 rings (SSSR count). The standard InChI is InChI=1S/C14H12N4O2/c19-13(17-14-15-9-16-18-14)8-20-12-7-3-5-10-4-1-2-6-11(10)12/h1-7,9H,8H2,(H2,15,16,17,18,19). The number of aromatic nitrogens is 3. The van der Waals surface area contributed by atoms with Gasteiger partial charge in [-0.3, -0.25) is 10.1 Å². The molecule has 2 N–H and O–H groups in total. The van der Waals surface area contributed by atoms with Gasteiger partial charge in [0.05, 0.1) is 0 Å². The summed E-state index contributed by atoms with van der Waals surface area (Å²) in [6.45, 7) is -0.0886. The quantitative estimate of drug-likeness (QED) is 0.758. The third-order valence-electron chi connectivity index (χ3n) is 2.78. The summed E-state index contributed by atoms with van der Waals surface area (Å²) in [5, 5.41) is 10.8. The van der Waals surface area contributed by atoms with Crippen molar-refractivity contribution in [3.63, 3.8) is 0 Å². The molecular weight excluding hydrogens is 256 g/mol. The number of benzene rings is 2. The van der Waals surface area contributed by atoms with Crippen molar-refractivity contribution in [2.45, 2.75) is 0 Å². The van der Waals surface area contributed by atoms with Gasteiger partial charge in [0.1, 0.15) is 12.1 Å². The Morgan fingerprint density at radius 1 is 1.20 bits per heavy atom. The van der Waals surface area contributed by atoms with Crippen molar-refractivity contribution in [3.05, 3.63) is 48.8 Å². The minimum absolute atomic E-state index is 0.0886. The van der Waals surface area contributed by atoms with E-state index in [-0.39, 0.29) is 12.5 Å². The summed E-state index contributed by atoms with van der Waals surface area (Å²) in [6.07, 6.45) is 1.32. The fraction of sp³-hybridized carbons (Fsp3) is 0.0714. The Morgan fingerprint density at radius 3 is 2.90 bits per heavy atom. The maximum Gasteiger partial charge on any atom is 0.264 e. The number of hydrogen-bond donors (Lipinski definition) is 2. The lowest BCUT2D eigenvalue weighted by atomic mass is 10.1. The van der Waals surface area contributed by atoms with Gasteiger partial charge in [0, 0.05) is 5.39 Å². The highest BCUT2D eigenvalue weighted by Crippen LogP contribution is 2.24. The number of rotatable bonds is 4. The normalized spacial score (nSPS) is 10.4. The number of amides is 1. The van der Waals surface area contributed by atoms with E-state index in [9.17, 15) is 4.79 Å². The average molecular weight is 268 g/mol. The average Bonchev–Trinajstić information content (AvgIpc) is 2.98. The van der Waals surface area contributed by atoms with Gasteiger partial charge in [-0.25, -0.2) is 5.10 Å². The van der Waals surface area contributed by atoms with Gasteiger partial charge in [0.25, 0.3) is 5.91 Å². The minimum atomic E-state index is -0.297. The molecule has 0 fully saturated rings. The first kappa shape index (κ1) is 12.2. The molecule has 0 radical (unpaired) electrons. The molecule has 0 atom stereocenters.